The molecule has 1 aliphatic carbocycles. The zero-order valence-corrected chi connectivity index (χ0v) is 13.0. The van der Waals surface area contributed by atoms with Crippen molar-refractivity contribution in [2.75, 3.05) is 13.2 Å². The van der Waals surface area contributed by atoms with Crippen LogP contribution >= 0.6 is 0 Å². The number of hydrogen-bond donors (Lipinski definition) is 0. The molecule has 0 saturated heterocycles. The number of rotatable bonds is 4. The van der Waals surface area contributed by atoms with Gasteiger partial charge in [0.2, 0.25) is 0 Å². The summed E-state index contributed by atoms with van der Waals surface area (Å²) in [6, 6.07) is 7.13. The summed E-state index contributed by atoms with van der Waals surface area (Å²) in [4.78, 5) is 36.0. The fourth-order valence-corrected chi connectivity index (χ4v) is 3.58. The molecule has 6 nitrogen and oxygen atoms in total. The molecule has 1 aliphatic heterocycles. The van der Waals surface area contributed by atoms with Crippen molar-refractivity contribution < 1.29 is 28.6 Å². The molecule has 0 bridgehead atoms. The standard InChI is InChI=1S/C17H18O6/c1-3-21-15(19)17-8-11(9-22-10(2)18)14(17)12-6-4-5-7-13(12)23-16(17)20/h4-7,11,14H,3,8-9H2,1-2H3/t11?,14-,17-/m1/s1. The summed E-state index contributed by atoms with van der Waals surface area (Å²) < 4.78 is 15.6. The molecule has 122 valence electrons. The van der Waals surface area contributed by atoms with Crippen molar-refractivity contribution >= 4 is 17.9 Å². The number of carbonyl (C=O) groups is 3. The number of ether oxygens (including phenoxy) is 3. The smallest absolute Gasteiger partial charge is 0.329 e. The van der Waals surface area contributed by atoms with Crippen molar-refractivity contribution in [3.05, 3.63) is 29.8 Å². The monoisotopic (exact) mass is 318 g/mol. The maximum absolute atomic E-state index is 12.5. The highest BCUT2D eigenvalue weighted by Crippen LogP contribution is 2.62. The van der Waals surface area contributed by atoms with Crippen LogP contribution in [0.1, 0.15) is 31.7 Å². The number of esters is 3. The van der Waals surface area contributed by atoms with Crippen LogP contribution < -0.4 is 4.74 Å². The van der Waals surface area contributed by atoms with Crippen molar-refractivity contribution in [3.8, 4) is 5.75 Å². The third kappa shape index (κ3) is 2.29. The summed E-state index contributed by atoms with van der Waals surface area (Å²) in [7, 11) is 0. The Morgan fingerprint density at radius 3 is 2.74 bits per heavy atom. The first-order chi connectivity index (χ1) is 11.0. The summed E-state index contributed by atoms with van der Waals surface area (Å²) in [6.45, 7) is 3.39. The average molecular weight is 318 g/mol. The van der Waals surface area contributed by atoms with Gasteiger partial charge >= 0.3 is 17.9 Å². The Bertz CT molecular complexity index is 667. The lowest BCUT2D eigenvalue weighted by Gasteiger charge is -2.53. The quantitative estimate of drug-likeness (QED) is 0.479. The van der Waals surface area contributed by atoms with Crippen LogP contribution in [0.3, 0.4) is 0 Å². The van der Waals surface area contributed by atoms with Gasteiger partial charge in [0.15, 0.2) is 5.41 Å². The third-order valence-electron chi connectivity index (χ3n) is 4.55. The van der Waals surface area contributed by atoms with E-state index < -0.39 is 23.3 Å². The van der Waals surface area contributed by atoms with Crippen LogP contribution in [-0.2, 0) is 23.9 Å². The number of fused-ring (bicyclic) bond motifs is 3. The van der Waals surface area contributed by atoms with Gasteiger partial charge in [-0.1, -0.05) is 18.2 Å². The van der Waals surface area contributed by atoms with Gasteiger partial charge < -0.3 is 14.2 Å². The van der Waals surface area contributed by atoms with E-state index in [0.717, 1.165) is 5.56 Å². The van der Waals surface area contributed by atoms with Gasteiger partial charge in [-0.25, -0.2) is 0 Å². The number of para-hydroxylation sites is 1. The maximum atomic E-state index is 12.5. The number of hydrogen-bond acceptors (Lipinski definition) is 6. The molecule has 3 atom stereocenters. The van der Waals surface area contributed by atoms with Crippen molar-refractivity contribution in [1.29, 1.82) is 0 Å². The van der Waals surface area contributed by atoms with Crippen LogP contribution in [0.5, 0.6) is 5.75 Å². The molecule has 1 saturated carbocycles. The highest BCUT2D eigenvalue weighted by atomic mass is 16.6. The summed E-state index contributed by atoms with van der Waals surface area (Å²) in [5.74, 6) is -1.58. The minimum absolute atomic E-state index is 0.114. The second-order valence-corrected chi connectivity index (χ2v) is 5.86. The molecule has 1 heterocycles. The largest absolute Gasteiger partial charge is 0.466 e. The molecule has 0 aromatic heterocycles. The van der Waals surface area contributed by atoms with Gasteiger partial charge in [0, 0.05) is 24.3 Å². The van der Waals surface area contributed by atoms with Gasteiger partial charge in [-0.05, 0) is 19.4 Å². The molecule has 0 amide bonds. The van der Waals surface area contributed by atoms with E-state index in [2.05, 4.69) is 0 Å². The van der Waals surface area contributed by atoms with Crippen LogP contribution in [-0.4, -0.2) is 31.1 Å². The van der Waals surface area contributed by atoms with Gasteiger partial charge in [-0.2, -0.15) is 0 Å². The molecule has 1 aromatic rings. The number of benzene rings is 1. The van der Waals surface area contributed by atoms with E-state index in [1.807, 2.05) is 12.1 Å². The zero-order valence-electron chi connectivity index (χ0n) is 13.0. The van der Waals surface area contributed by atoms with E-state index in [-0.39, 0.29) is 31.5 Å². The Hall–Kier alpha value is -2.37. The molecule has 2 aliphatic rings. The second-order valence-electron chi connectivity index (χ2n) is 5.86. The fourth-order valence-electron chi connectivity index (χ4n) is 3.58. The van der Waals surface area contributed by atoms with Crippen molar-refractivity contribution in [2.45, 2.75) is 26.2 Å². The van der Waals surface area contributed by atoms with Crippen LogP contribution in [0, 0.1) is 11.3 Å². The fraction of sp³-hybridized carbons (Fsp3) is 0.471. The summed E-state index contributed by atoms with van der Waals surface area (Å²) >= 11 is 0. The Morgan fingerprint density at radius 1 is 1.30 bits per heavy atom. The first kappa shape index (κ1) is 15.5. The Morgan fingerprint density at radius 2 is 2.04 bits per heavy atom. The molecule has 23 heavy (non-hydrogen) atoms. The van der Waals surface area contributed by atoms with E-state index in [1.165, 1.54) is 6.92 Å². The normalized spacial score (nSPS) is 27.8. The Labute approximate surface area is 133 Å². The van der Waals surface area contributed by atoms with Gasteiger partial charge in [-0.3, -0.25) is 14.4 Å². The minimum Gasteiger partial charge on any atom is -0.466 e. The highest BCUT2D eigenvalue weighted by molar-refractivity contribution is 6.05. The molecule has 1 fully saturated rings. The Balaban J connectivity index is 1.98. The molecule has 0 N–H and O–H groups in total. The summed E-state index contributed by atoms with van der Waals surface area (Å²) in [6.07, 6.45) is 0.261. The predicted molar refractivity (Wildman–Crippen MR) is 78.6 cm³/mol. The van der Waals surface area contributed by atoms with Gasteiger partial charge in [0.1, 0.15) is 5.75 Å². The van der Waals surface area contributed by atoms with Gasteiger partial charge in [-0.15, -0.1) is 0 Å². The molecule has 1 unspecified atom stereocenters. The Kier molecular flexibility index (Phi) is 3.83. The molecular weight excluding hydrogens is 300 g/mol. The van der Waals surface area contributed by atoms with Crippen molar-refractivity contribution in [2.24, 2.45) is 11.3 Å². The van der Waals surface area contributed by atoms with Crippen molar-refractivity contribution in [3.63, 3.8) is 0 Å². The van der Waals surface area contributed by atoms with Gasteiger partial charge in [0.05, 0.1) is 13.2 Å². The van der Waals surface area contributed by atoms with E-state index in [4.69, 9.17) is 14.2 Å². The lowest BCUT2D eigenvalue weighted by molar-refractivity contribution is -0.187. The summed E-state index contributed by atoms with van der Waals surface area (Å²) in [5.41, 5.74) is -0.543. The maximum Gasteiger partial charge on any atom is 0.329 e. The average Bonchev–Trinajstić information content (AvgIpc) is 2.47. The summed E-state index contributed by atoms with van der Waals surface area (Å²) in [5, 5.41) is 0. The van der Waals surface area contributed by atoms with Crippen LogP contribution in [0.2, 0.25) is 0 Å². The zero-order chi connectivity index (χ0) is 16.6. The first-order valence-electron chi connectivity index (χ1n) is 7.62. The lowest BCUT2D eigenvalue weighted by atomic mass is 9.50. The SMILES string of the molecule is CCOC(=O)[C@@]12CC(COC(C)=O)[C@@H]1c1ccccc1OC2=O. The first-order valence-corrected chi connectivity index (χ1v) is 7.62. The van der Waals surface area contributed by atoms with Crippen LogP contribution in [0.15, 0.2) is 24.3 Å². The van der Waals surface area contributed by atoms with E-state index in [1.54, 1.807) is 19.1 Å². The number of carbonyl (C=O) groups excluding carboxylic acids is 3. The van der Waals surface area contributed by atoms with Crippen molar-refractivity contribution in [1.82, 2.24) is 0 Å². The molecule has 0 radical (unpaired) electrons. The van der Waals surface area contributed by atoms with E-state index in [0.29, 0.717) is 5.75 Å². The molecule has 1 aromatic carbocycles. The van der Waals surface area contributed by atoms with E-state index >= 15 is 0 Å². The minimum atomic E-state index is -1.32. The van der Waals surface area contributed by atoms with Gasteiger partial charge in [0.25, 0.3) is 0 Å². The topological polar surface area (TPSA) is 78.9 Å². The lowest BCUT2D eigenvalue weighted by Crippen LogP contribution is -2.61. The van der Waals surface area contributed by atoms with Crippen LogP contribution in [0.4, 0.5) is 0 Å². The molecule has 3 rings (SSSR count). The molecular formula is C17H18O6. The molecule has 0 spiro atoms. The third-order valence-corrected chi connectivity index (χ3v) is 4.55. The van der Waals surface area contributed by atoms with E-state index in [9.17, 15) is 14.4 Å². The highest BCUT2D eigenvalue weighted by Gasteiger charge is 2.68. The predicted octanol–water partition coefficient (Wildman–Crippen LogP) is 1.82. The molecule has 6 heteroatoms. The second kappa shape index (κ2) is 5.68. The van der Waals surface area contributed by atoms with Crippen LogP contribution in [0.25, 0.3) is 0 Å².